The second-order valence-corrected chi connectivity index (χ2v) is 10.7. The highest BCUT2D eigenvalue weighted by atomic mass is 16.6. The smallest absolute Gasteiger partial charge is 0.222 e. The molecule has 1 aromatic carbocycles. The zero-order chi connectivity index (χ0) is 22.0. The summed E-state index contributed by atoms with van der Waals surface area (Å²) in [7, 11) is 1.66. The maximum absolute atomic E-state index is 12.7. The Labute approximate surface area is 185 Å². The molecule has 0 radical (unpaired) electrons. The molecular formula is C25H35NO5. The van der Waals surface area contributed by atoms with Crippen LogP contribution in [0.25, 0.3) is 0 Å². The van der Waals surface area contributed by atoms with Crippen molar-refractivity contribution in [3.05, 3.63) is 17.7 Å². The van der Waals surface area contributed by atoms with Gasteiger partial charge in [0.2, 0.25) is 11.7 Å². The van der Waals surface area contributed by atoms with Crippen LogP contribution < -0.4 is 19.5 Å². The first-order valence-corrected chi connectivity index (χ1v) is 11.7. The molecule has 5 atom stereocenters. The van der Waals surface area contributed by atoms with Crippen LogP contribution in [0.4, 0.5) is 0 Å². The number of carbonyl (C=O) groups excluding carboxylic acids is 1. The van der Waals surface area contributed by atoms with Crippen molar-refractivity contribution in [3.8, 4) is 17.2 Å². The lowest BCUT2D eigenvalue weighted by Crippen LogP contribution is -2.59. The van der Waals surface area contributed by atoms with Gasteiger partial charge in [0.25, 0.3) is 0 Å². The molecule has 6 heteroatoms. The molecule has 2 saturated carbocycles. The molecule has 1 amide bonds. The van der Waals surface area contributed by atoms with Crippen molar-refractivity contribution in [2.45, 2.75) is 59.1 Å². The van der Waals surface area contributed by atoms with Gasteiger partial charge >= 0.3 is 0 Å². The lowest BCUT2D eigenvalue weighted by molar-refractivity contribution is -0.139. The lowest BCUT2D eigenvalue weighted by Gasteiger charge is -2.53. The van der Waals surface area contributed by atoms with Gasteiger partial charge in [-0.25, -0.2) is 0 Å². The number of carbonyl (C=O) groups is 1. The van der Waals surface area contributed by atoms with Crippen molar-refractivity contribution in [3.63, 3.8) is 0 Å². The molecule has 1 N–H and O–H groups in total. The van der Waals surface area contributed by atoms with E-state index >= 15 is 0 Å². The maximum Gasteiger partial charge on any atom is 0.222 e. The molecule has 0 aromatic heterocycles. The quantitative estimate of drug-likeness (QED) is 0.780. The van der Waals surface area contributed by atoms with E-state index in [9.17, 15) is 4.79 Å². The third kappa shape index (κ3) is 3.05. The van der Waals surface area contributed by atoms with Gasteiger partial charge in [-0.05, 0) is 59.6 Å². The van der Waals surface area contributed by atoms with Crippen molar-refractivity contribution in [1.82, 2.24) is 5.32 Å². The molecule has 5 rings (SSSR count). The molecule has 1 aromatic rings. The van der Waals surface area contributed by atoms with Gasteiger partial charge in [0.1, 0.15) is 13.2 Å². The fraction of sp³-hybridized carbons (Fsp3) is 0.720. The van der Waals surface area contributed by atoms with Crippen LogP contribution in [0.2, 0.25) is 0 Å². The molecule has 2 bridgehead atoms. The zero-order valence-electron chi connectivity index (χ0n) is 19.3. The normalized spacial score (nSPS) is 35.0. The molecule has 6 nitrogen and oxygen atoms in total. The fourth-order valence-corrected chi connectivity index (χ4v) is 6.88. The number of rotatable bonds is 4. The van der Waals surface area contributed by atoms with E-state index in [1.54, 1.807) is 7.11 Å². The molecule has 31 heavy (non-hydrogen) atoms. The molecule has 2 aliphatic carbocycles. The fourth-order valence-electron chi connectivity index (χ4n) is 6.88. The number of fused-ring (bicyclic) bond motifs is 2. The van der Waals surface area contributed by atoms with Crippen molar-refractivity contribution >= 4 is 5.91 Å². The number of nitrogens with one attached hydrogen (secondary N) is 1. The van der Waals surface area contributed by atoms with E-state index in [4.69, 9.17) is 18.9 Å². The van der Waals surface area contributed by atoms with Crippen molar-refractivity contribution < 1.29 is 23.7 Å². The highest BCUT2D eigenvalue weighted by Gasteiger charge is 2.68. The predicted octanol–water partition coefficient (Wildman–Crippen LogP) is 4.12. The van der Waals surface area contributed by atoms with E-state index in [1.165, 1.54) is 0 Å². The summed E-state index contributed by atoms with van der Waals surface area (Å²) in [4.78, 5) is 12.7. The van der Waals surface area contributed by atoms with Crippen LogP contribution in [0.5, 0.6) is 17.2 Å². The SMILES string of the molecule is COc1cc([C@H]2OCCC34C[C@@H](C[C@H]23)C(C)(C)[C@@H]4NC(=O)C(C)C)cc2c1OCCO2. The molecule has 2 heterocycles. The average molecular weight is 430 g/mol. The second-order valence-electron chi connectivity index (χ2n) is 10.7. The summed E-state index contributed by atoms with van der Waals surface area (Å²) in [6, 6.07) is 4.29. The Morgan fingerprint density at radius 1 is 1.19 bits per heavy atom. The lowest BCUT2D eigenvalue weighted by atomic mass is 9.58. The van der Waals surface area contributed by atoms with Crippen LogP contribution >= 0.6 is 0 Å². The number of hydrogen-bond acceptors (Lipinski definition) is 5. The summed E-state index contributed by atoms with van der Waals surface area (Å²) < 4.78 is 23.7. The summed E-state index contributed by atoms with van der Waals surface area (Å²) >= 11 is 0. The molecule has 2 aliphatic heterocycles. The summed E-state index contributed by atoms with van der Waals surface area (Å²) in [6.07, 6.45) is 3.26. The minimum absolute atomic E-state index is 0.0116. The van der Waals surface area contributed by atoms with E-state index in [-0.39, 0.29) is 34.8 Å². The van der Waals surface area contributed by atoms with Gasteiger partial charge in [-0.2, -0.15) is 0 Å². The number of benzene rings is 1. The monoisotopic (exact) mass is 429 g/mol. The Kier molecular flexibility index (Phi) is 4.92. The third-order valence-corrected chi connectivity index (χ3v) is 8.49. The highest BCUT2D eigenvalue weighted by Crippen LogP contribution is 2.70. The Hall–Kier alpha value is -1.95. The summed E-state index contributed by atoms with van der Waals surface area (Å²) in [5.74, 6) is 3.20. The Morgan fingerprint density at radius 2 is 1.97 bits per heavy atom. The van der Waals surface area contributed by atoms with Crippen molar-refractivity contribution in [2.75, 3.05) is 26.9 Å². The second kappa shape index (κ2) is 7.29. The summed E-state index contributed by atoms with van der Waals surface area (Å²) in [6.45, 7) is 10.4. The van der Waals surface area contributed by atoms with Crippen LogP contribution in [0.15, 0.2) is 12.1 Å². The molecule has 1 saturated heterocycles. The molecule has 4 aliphatic rings. The topological polar surface area (TPSA) is 66.0 Å². The van der Waals surface area contributed by atoms with E-state index in [0.717, 1.165) is 30.6 Å². The van der Waals surface area contributed by atoms with Gasteiger partial charge in [0.15, 0.2) is 11.5 Å². The first kappa shape index (κ1) is 20.9. The van der Waals surface area contributed by atoms with Crippen molar-refractivity contribution in [1.29, 1.82) is 0 Å². The van der Waals surface area contributed by atoms with Gasteiger partial charge in [-0.3, -0.25) is 4.79 Å². The van der Waals surface area contributed by atoms with E-state index < -0.39 is 0 Å². The molecule has 1 unspecified atom stereocenters. The van der Waals surface area contributed by atoms with Crippen LogP contribution in [0.3, 0.4) is 0 Å². The predicted molar refractivity (Wildman–Crippen MR) is 116 cm³/mol. The van der Waals surface area contributed by atoms with Gasteiger partial charge in [-0.1, -0.05) is 27.7 Å². The Balaban J connectivity index is 1.51. The Morgan fingerprint density at radius 3 is 2.71 bits per heavy atom. The third-order valence-electron chi connectivity index (χ3n) is 8.49. The van der Waals surface area contributed by atoms with E-state index in [0.29, 0.717) is 43.2 Å². The molecule has 3 fully saturated rings. The summed E-state index contributed by atoms with van der Waals surface area (Å²) in [5, 5.41) is 3.47. The zero-order valence-corrected chi connectivity index (χ0v) is 19.3. The molecule has 1 spiro atoms. The van der Waals surface area contributed by atoms with Crippen LogP contribution in [-0.4, -0.2) is 38.9 Å². The van der Waals surface area contributed by atoms with Crippen LogP contribution in [-0.2, 0) is 9.53 Å². The Bertz CT molecular complexity index is 864. The van der Waals surface area contributed by atoms with Gasteiger partial charge in [-0.15, -0.1) is 0 Å². The summed E-state index contributed by atoms with van der Waals surface area (Å²) in [5.41, 5.74) is 1.25. The number of hydrogen-bond donors (Lipinski definition) is 1. The van der Waals surface area contributed by atoms with Gasteiger partial charge in [0, 0.05) is 18.6 Å². The first-order valence-electron chi connectivity index (χ1n) is 11.7. The number of methoxy groups -OCH3 is 1. The van der Waals surface area contributed by atoms with Crippen LogP contribution in [0.1, 0.15) is 58.6 Å². The minimum atomic E-state index is -0.0296. The van der Waals surface area contributed by atoms with Gasteiger partial charge in [0.05, 0.1) is 13.2 Å². The molecule has 170 valence electrons. The van der Waals surface area contributed by atoms with Gasteiger partial charge < -0.3 is 24.3 Å². The number of amides is 1. The van der Waals surface area contributed by atoms with Crippen LogP contribution in [0, 0.1) is 28.6 Å². The maximum atomic E-state index is 12.7. The first-order chi connectivity index (χ1) is 14.8. The van der Waals surface area contributed by atoms with E-state index in [2.05, 4.69) is 31.3 Å². The molecular weight excluding hydrogens is 394 g/mol. The average Bonchev–Trinajstić information content (AvgIpc) is 3.25. The largest absolute Gasteiger partial charge is 0.493 e. The standard InChI is InChI=1S/C25H35NO5/c1-14(2)22(27)26-23-24(3,4)16-12-17-20(30-7-6-25(17,23)13-16)15-10-18(28-5)21-19(11-15)29-8-9-31-21/h10-11,14,16-17,20,23H,6-9,12-13H2,1-5H3,(H,26,27)/t16-,17-,20-,23+,25?/m1/s1. The van der Waals surface area contributed by atoms with E-state index in [1.807, 2.05) is 13.8 Å². The highest BCUT2D eigenvalue weighted by molar-refractivity contribution is 5.78. The number of ether oxygens (including phenoxy) is 4. The minimum Gasteiger partial charge on any atom is -0.493 e. The van der Waals surface area contributed by atoms with Crippen molar-refractivity contribution in [2.24, 2.45) is 28.6 Å².